The van der Waals surface area contributed by atoms with E-state index < -0.39 is 5.60 Å². The Balaban J connectivity index is 2.11. The van der Waals surface area contributed by atoms with Gasteiger partial charge in [-0.05, 0) is 43.5 Å². The van der Waals surface area contributed by atoms with Crippen LogP contribution in [-0.4, -0.2) is 28.7 Å². The minimum absolute atomic E-state index is 0.627. The summed E-state index contributed by atoms with van der Waals surface area (Å²) in [5.41, 5.74) is 8.67. The fourth-order valence-corrected chi connectivity index (χ4v) is 2.32. The molecule has 0 fully saturated rings. The topological polar surface area (TPSA) is 49.5 Å². The van der Waals surface area contributed by atoms with Crippen LogP contribution < -0.4 is 5.73 Å². The molecule has 1 aliphatic rings. The summed E-state index contributed by atoms with van der Waals surface area (Å²) in [5, 5.41) is 9.81. The van der Waals surface area contributed by atoms with Crippen LogP contribution >= 0.6 is 0 Å². The number of β-amino-alcohol motifs (C(OH)–C–C–N with tert-alkyl or cyclic N) is 1. The van der Waals surface area contributed by atoms with Crippen molar-refractivity contribution in [2.75, 3.05) is 18.8 Å². The highest BCUT2D eigenvalue weighted by Gasteiger charge is 2.22. The number of nitrogen functional groups attached to an aromatic ring is 1. The number of hydrogen-bond donors (Lipinski definition) is 2. The molecule has 0 saturated carbocycles. The zero-order valence-corrected chi connectivity index (χ0v) is 10.0. The van der Waals surface area contributed by atoms with Crippen LogP contribution in [0, 0.1) is 0 Å². The molecule has 3 N–H and O–H groups in total. The van der Waals surface area contributed by atoms with Crippen LogP contribution in [0.1, 0.15) is 25.0 Å². The number of fused-ring (bicyclic) bond motifs is 1. The highest BCUT2D eigenvalue weighted by atomic mass is 16.3. The van der Waals surface area contributed by atoms with Gasteiger partial charge in [-0.15, -0.1) is 0 Å². The van der Waals surface area contributed by atoms with Gasteiger partial charge in [0.15, 0.2) is 0 Å². The second-order valence-electron chi connectivity index (χ2n) is 5.30. The molecule has 0 saturated heterocycles. The maximum atomic E-state index is 9.81. The van der Waals surface area contributed by atoms with E-state index in [4.69, 9.17) is 5.73 Å². The normalized spacial score (nSPS) is 17.2. The lowest BCUT2D eigenvalue weighted by Gasteiger charge is -2.33. The van der Waals surface area contributed by atoms with Gasteiger partial charge in [-0.3, -0.25) is 4.90 Å². The summed E-state index contributed by atoms with van der Waals surface area (Å²) in [4.78, 5) is 2.28. The summed E-state index contributed by atoms with van der Waals surface area (Å²) in [5.74, 6) is 0. The molecule has 0 radical (unpaired) electrons. The maximum absolute atomic E-state index is 9.81. The molecule has 0 amide bonds. The molecule has 0 unspecified atom stereocenters. The Morgan fingerprint density at radius 2 is 2.12 bits per heavy atom. The molecule has 16 heavy (non-hydrogen) atoms. The van der Waals surface area contributed by atoms with Crippen molar-refractivity contribution in [2.24, 2.45) is 0 Å². The van der Waals surface area contributed by atoms with Gasteiger partial charge in [0.1, 0.15) is 0 Å². The molecule has 0 aromatic heterocycles. The molecule has 0 bridgehead atoms. The van der Waals surface area contributed by atoms with Crippen molar-refractivity contribution < 1.29 is 5.11 Å². The first-order chi connectivity index (χ1) is 7.44. The van der Waals surface area contributed by atoms with Crippen molar-refractivity contribution in [3.63, 3.8) is 0 Å². The zero-order chi connectivity index (χ0) is 11.8. The van der Waals surface area contributed by atoms with E-state index in [0.717, 1.165) is 25.2 Å². The summed E-state index contributed by atoms with van der Waals surface area (Å²) in [6.07, 6.45) is 1.05. The van der Waals surface area contributed by atoms with Gasteiger partial charge in [-0.25, -0.2) is 0 Å². The zero-order valence-electron chi connectivity index (χ0n) is 10.0. The van der Waals surface area contributed by atoms with E-state index in [0.29, 0.717) is 6.54 Å². The Labute approximate surface area is 96.9 Å². The summed E-state index contributed by atoms with van der Waals surface area (Å²) in [6, 6.07) is 6.13. The summed E-state index contributed by atoms with van der Waals surface area (Å²) < 4.78 is 0. The van der Waals surface area contributed by atoms with Crippen molar-refractivity contribution in [1.29, 1.82) is 0 Å². The largest absolute Gasteiger partial charge is 0.399 e. The van der Waals surface area contributed by atoms with E-state index in [1.165, 1.54) is 11.1 Å². The Kier molecular flexibility index (Phi) is 2.91. The number of anilines is 1. The fraction of sp³-hybridized carbons (Fsp3) is 0.538. The third-order valence-corrected chi connectivity index (χ3v) is 2.93. The van der Waals surface area contributed by atoms with E-state index in [9.17, 15) is 5.11 Å². The number of nitrogens with two attached hydrogens (primary N) is 1. The van der Waals surface area contributed by atoms with Gasteiger partial charge in [0, 0.05) is 25.3 Å². The lowest BCUT2D eigenvalue weighted by atomic mass is 9.98. The molecule has 1 aromatic carbocycles. The number of hydrogen-bond acceptors (Lipinski definition) is 3. The average Bonchev–Trinajstić information content (AvgIpc) is 2.14. The van der Waals surface area contributed by atoms with Gasteiger partial charge >= 0.3 is 0 Å². The van der Waals surface area contributed by atoms with Gasteiger partial charge in [0.05, 0.1) is 5.60 Å². The fourth-order valence-electron chi connectivity index (χ4n) is 2.32. The molecule has 0 spiro atoms. The molecule has 0 atom stereocenters. The van der Waals surface area contributed by atoms with E-state index in [2.05, 4.69) is 11.0 Å². The minimum Gasteiger partial charge on any atom is -0.399 e. The quantitative estimate of drug-likeness (QED) is 0.741. The van der Waals surface area contributed by atoms with Gasteiger partial charge in [0.25, 0.3) is 0 Å². The molecular formula is C13H20N2O. The van der Waals surface area contributed by atoms with Crippen molar-refractivity contribution in [1.82, 2.24) is 4.90 Å². The van der Waals surface area contributed by atoms with E-state index in [1.807, 2.05) is 26.0 Å². The van der Waals surface area contributed by atoms with Crippen LogP contribution in [0.25, 0.3) is 0 Å². The summed E-state index contributed by atoms with van der Waals surface area (Å²) in [7, 11) is 0. The molecule has 0 aliphatic carbocycles. The van der Waals surface area contributed by atoms with Crippen LogP contribution in [-0.2, 0) is 13.0 Å². The standard InChI is InChI=1S/C13H20N2O/c1-13(2,16)9-15-6-5-10-3-4-12(14)7-11(10)8-15/h3-4,7,16H,5-6,8-9,14H2,1-2H3. The Morgan fingerprint density at radius 1 is 1.38 bits per heavy atom. The van der Waals surface area contributed by atoms with Crippen molar-refractivity contribution in [3.8, 4) is 0 Å². The molecule has 3 nitrogen and oxygen atoms in total. The third-order valence-electron chi connectivity index (χ3n) is 2.93. The Hall–Kier alpha value is -1.06. The first-order valence-corrected chi connectivity index (χ1v) is 5.76. The van der Waals surface area contributed by atoms with Crippen LogP contribution in [0.4, 0.5) is 5.69 Å². The van der Waals surface area contributed by atoms with Crippen LogP contribution in [0.2, 0.25) is 0 Å². The van der Waals surface area contributed by atoms with Gasteiger partial charge in [-0.1, -0.05) is 6.07 Å². The number of rotatable bonds is 2. The summed E-state index contributed by atoms with van der Waals surface area (Å²) in [6.45, 7) is 6.32. The molecule has 1 heterocycles. The van der Waals surface area contributed by atoms with Crippen molar-refractivity contribution >= 4 is 5.69 Å². The lowest BCUT2D eigenvalue weighted by Crippen LogP contribution is -2.41. The van der Waals surface area contributed by atoms with Crippen molar-refractivity contribution in [2.45, 2.75) is 32.4 Å². The number of nitrogens with zero attached hydrogens (tertiary/aromatic N) is 1. The van der Waals surface area contributed by atoms with Crippen LogP contribution in [0.15, 0.2) is 18.2 Å². The smallest absolute Gasteiger partial charge is 0.0718 e. The molecule has 1 aliphatic heterocycles. The maximum Gasteiger partial charge on any atom is 0.0718 e. The first-order valence-electron chi connectivity index (χ1n) is 5.76. The van der Waals surface area contributed by atoms with E-state index >= 15 is 0 Å². The molecule has 1 aromatic rings. The first kappa shape index (κ1) is 11.4. The number of aliphatic hydroxyl groups is 1. The second-order valence-corrected chi connectivity index (χ2v) is 5.30. The van der Waals surface area contributed by atoms with Gasteiger partial charge in [-0.2, -0.15) is 0 Å². The highest BCUT2D eigenvalue weighted by Crippen LogP contribution is 2.22. The molecular weight excluding hydrogens is 200 g/mol. The third kappa shape index (κ3) is 2.74. The predicted octanol–water partition coefficient (Wildman–Crippen LogP) is 1.40. The Morgan fingerprint density at radius 3 is 2.81 bits per heavy atom. The van der Waals surface area contributed by atoms with E-state index in [-0.39, 0.29) is 0 Å². The Bertz CT molecular complexity index is 382. The second kappa shape index (κ2) is 4.07. The SMILES string of the molecule is CC(C)(O)CN1CCc2ccc(N)cc2C1. The van der Waals surface area contributed by atoms with E-state index in [1.54, 1.807) is 0 Å². The average molecular weight is 220 g/mol. The predicted molar refractivity (Wildman–Crippen MR) is 66.1 cm³/mol. The monoisotopic (exact) mass is 220 g/mol. The number of benzene rings is 1. The molecule has 88 valence electrons. The van der Waals surface area contributed by atoms with Crippen molar-refractivity contribution in [3.05, 3.63) is 29.3 Å². The van der Waals surface area contributed by atoms with Gasteiger partial charge in [0.2, 0.25) is 0 Å². The molecule has 2 rings (SSSR count). The minimum atomic E-state index is -0.627. The molecule has 3 heteroatoms. The van der Waals surface area contributed by atoms with Crippen LogP contribution in [0.5, 0.6) is 0 Å². The highest BCUT2D eigenvalue weighted by molar-refractivity contribution is 5.45. The van der Waals surface area contributed by atoms with Crippen LogP contribution in [0.3, 0.4) is 0 Å². The van der Waals surface area contributed by atoms with Gasteiger partial charge < -0.3 is 10.8 Å². The lowest BCUT2D eigenvalue weighted by molar-refractivity contribution is 0.0318. The summed E-state index contributed by atoms with van der Waals surface area (Å²) >= 11 is 0.